The molecule has 0 aliphatic carbocycles. The summed E-state index contributed by atoms with van der Waals surface area (Å²) in [5.74, 6) is 0.492. The third kappa shape index (κ3) is 4.85. The Bertz CT molecular complexity index is 400. The van der Waals surface area contributed by atoms with Crippen LogP contribution in [0.1, 0.15) is 51.0 Å². The molecule has 0 aromatic carbocycles. The van der Waals surface area contributed by atoms with Crippen molar-refractivity contribution in [2.45, 2.75) is 46.6 Å². The van der Waals surface area contributed by atoms with Gasteiger partial charge in [0.2, 0.25) is 5.95 Å². The maximum absolute atomic E-state index is 11.9. The Morgan fingerprint density at radius 3 is 2.47 bits per heavy atom. The molecule has 1 heterocycles. The predicted molar refractivity (Wildman–Crippen MR) is 77.4 cm³/mol. The minimum absolute atomic E-state index is 0.105. The van der Waals surface area contributed by atoms with Crippen LogP contribution in [0, 0.1) is 0 Å². The largest absolute Gasteiger partial charge is 0.349 e. The molecule has 1 aromatic rings. The number of hydrogen-bond acceptors (Lipinski definition) is 4. The van der Waals surface area contributed by atoms with Crippen LogP contribution in [0.25, 0.3) is 0 Å². The first kappa shape index (κ1) is 15.4. The lowest BCUT2D eigenvalue weighted by Gasteiger charge is -2.21. The van der Waals surface area contributed by atoms with Crippen LogP contribution in [0.3, 0.4) is 0 Å². The Hall–Kier alpha value is -1.65. The quantitative estimate of drug-likeness (QED) is 0.820. The third-order valence-electron chi connectivity index (χ3n) is 2.57. The van der Waals surface area contributed by atoms with E-state index in [-0.39, 0.29) is 11.9 Å². The van der Waals surface area contributed by atoms with Crippen molar-refractivity contribution in [1.82, 2.24) is 15.3 Å². The molecular weight excluding hydrogens is 240 g/mol. The Morgan fingerprint density at radius 2 is 1.95 bits per heavy atom. The molecule has 0 unspecified atom stereocenters. The van der Waals surface area contributed by atoms with Crippen molar-refractivity contribution in [3.05, 3.63) is 18.0 Å². The van der Waals surface area contributed by atoms with Gasteiger partial charge in [0.15, 0.2) is 0 Å². The Balaban J connectivity index is 2.88. The number of aromatic nitrogens is 2. The van der Waals surface area contributed by atoms with E-state index in [2.05, 4.69) is 34.0 Å². The molecule has 1 N–H and O–H groups in total. The summed E-state index contributed by atoms with van der Waals surface area (Å²) in [5.41, 5.74) is 0.427. The normalized spacial score (nSPS) is 10.6. The minimum atomic E-state index is -0.147. The summed E-state index contributed by atoms with van der Waals surface area (Å²) < 4.78 is 0. The first-order valence-corrected chi connectivity index (χ1v) is 6.97. The van der Waals surface area contributed by atoms with Gasteiger partial charge in [0, 0.05) is 25.3 Å². The fourth-order valence-corrected chi connectivity index (χ4v) is 1.81. The van der Waals surface area contributed by atoms with Gasteiger partial charge in [0.25, 0.3) is 5.91 Å². The van der Waals surface area contributed by atoms with Gasteiger partial charge in [0.05, 0.1) is 0 Å². The summed E-state index contributed by atoms with van der Waals surface area (Å²) >= 11 is 0. The van der Waals surface area contributed by atoms with Crippen molar-refractivity contribution in [2.75, 3.05) is 18.0 Å². The number of nitrogens with zero attached hydrogens (tertiary/aromatic N) is 3. The fraction of sp³-hybridized carbons (Fsp3) is 0.643. The Labute approximate surface area is 115 Å². The van der Waals surface area contributed by atoms with Gasteiger partial charge in [-0.15, -0.1) is 0 Å². The van der Waals surface area contributed by atoms with E-state index >= 15 is 0 Å². The summed E-state index contributed by atoms with van der Waals surface area (Å²) in [6, 6.07) is 1.75. The highest BCUT2D eigenvalue weighted by molar-refractivity contribution is 5.92. The van der Waals surface area contributed by atoms with E-state index in [0.29, 0.717) is 11.6 Å². The molecule has 106 valence electrons. The lowest BCUT2D eigenvalue weighted by atomic mass is 10.3. The molecule has 0 atom stereocenters. The molecule has 1 rings (SSSR count). The molecule has 0 spiro atoms. The molecule has 0 aliphatic heterocycles. The van der Waals surface area contributed by atoms with Crippen LogP contribution < -0.4 is 10.2 Å². The van der Waals surface area contributed by atoms with Gasteiger partial charge in [0.1, 0.15) is 5.69 Å². The first-order chi connectivity index (χ1) is 9.08. The van der Waals surface area contributed by atoms with Gasteiger partial charge < -0.3 is 10.2 Å². The zero-order valence-corrected chi connectivity index (χ0v) is 12.3. The average molecular weight is 264 g/mol. The number of amides is 1. The van der Waals surface area contributed by atoms with Gasteiger partial charge in [-0.3, -0.25) is 4.79 Å². The lowest BCUT2D eigenvalue weighted by Crippen LogP contribution is -2.32. The second-order valence-electron chi connectivity index (χ2n) is 4.86. The zero-order valence-electron chi connectivity index (χ0n) is 12.3. The maximum Gasteiger partial charge on any atom is 0.270 e. The lowest BCUT2D eigenvalue weighted by molar-refractivity contribution is 0.0938. The van der Waals surface area contributed by atoms with E-state index in [4.69, 9.17) is 0 Å². The molecule has 5 heteroatoms. The number of hydrogen-bond donors (Lipinski definition) is 1. The second kappa shape index (κ2) is 7.71. The highest BCUT2D eigenvalue weighted by Crippen LogP contribution is 2.09. The molecule has 0 bridgehead atoms. The van der Waals surface area contributed by atoms with Crippen molar-refractivity contribution < 1.29 is 4.79 Å². The number of carbonyl (C=O) groups is 1. The van der Waals surface area contributed by atoms with Crippen molar-refractivity contribution in [2.24, 2.45) is 0 Å². The highest BCUT2D eigenvalue weighted by Gasteiger charge is 2.13. The Morgan fingerprint density at radius 1 is 1.32 bits per heavy atom. The van der Waals surface area contributed by atoms with Crippen molar-refractivity contribution >= 4 is 11.9 Å². The molecule has 0 saturated carbocycles. The zero-order chi connectivity index (χ0) is 14.3. The summed E-state index contributed by atoms with van der Waals surface area (Å²) in [5, 5.41) is 2.84. The number of anilines is 1. The van der Waals surface area contributed by atoms with Gasteiger partial charge in [-0.25, -0.2) is 9.97 Å². The van der Waals surface area contributed by atoms with Gasteiger partial charge in [-0.1, -0.05) is 13.8 Å². The van der Waals surface area contributed by atoms with Crippen LogP contribution >= 0.6 is 0 Å². The van der Waals surface area contributed by atoms with Crippen molar-refractivity contribution in [1.29, 1.82) is 0 Å². The van der Waals surface area contributed by atoms with Crippen LogP contribution in [0.2, 0.25) is 0 Å². The summed E-state index contributed by atoms with van der Waals surface area (Å²) in [6.45, 7) is 9.92. The SMILES string of the molecule is CCCN(CCC)c1nccc(C(=O)NC(C)C)n1. The van der Waals surface area contributed by atoms with Crippen LogP contribution in [0.15, 0.2) is 12.3 Å². The van der Waals surface area contributed by atoms with Crippen LogP contribution in [0.4, 0.5) is 5.95 Å². The molecule has 1 aromatic heterocycles. The monoisotopic (exact) mass is 264 g/mol. The molecule has 1 amide bonds. The van der Waals surface area contributed by atoms with E-state index in [1.54, 1.807) is 12.3 Å². The standard InChI is InChI=1S/C14H24N4O/c1-5-9-18(10-6-2)14-15-8-7-12(17-14)13(19)16-11(3)4/h7-8,11H,5-6,9-10H2,1-4H3,(H,16,19). The smallest absolute Gasteiger partial charge is 0.270 e. The van der Waals surface area contributed by atoms with Gasteiger partial charge in [-0.2, -0.15) is 0 Å². The van der Waals surface area contributed by atoms with E-state index in [0.717, 1.165) is 25.9 Å². The number of nitrogens with one attached hydrogen (secondary N) is 1. The first-order valence-electron chi connectivity index (χ1n) is 6.97. The third-order valence-corrected chi connectivity index (χ3v) is 2.57. The topological polar surface area (TPSA) is 58.1 Å². The predicted octanol–water partition coefficient (Wildman–Crippen LogP) is 2.24. The van der Waals surface area contributed by atoms with Crippen LogP contribution in [-0.4, -0.2) is 35.0 Å². The number of rotatable bonds is 7. The van der Waals surface area contributed by atoms with Crippen LogP contribution in [0.5, 0.6) is 0 Å². The molecule has 0 radical (unpaired) electrons. The molecule has 0 saturated heterocycles. The van der Waals surface area contributed by atoms with Crippen molar-refractivity contribution in [3.8, 4) is 0 Å². The summed E-state index contributed by atoms with van der Waals surface area (Å²) in [7, 11) is 0. The molecule has 5 nitrogen and oxygen atoms in total. The van der Waals surface area contributed by atoms with E-state index in [1.165, 1.54) is 0 Å². The van der Waals surface area contributed by atoms with Crippen molar-refractivity contribution in [3.63, 3.8) is 0 Å². The Kier molecular flexibility index (Phi) is 6.25. The molecular formula is C14H24N4O. The van der Waals surface area contributed by atoms with Crippen LogP contribution in [-0.2, 0) is 0 Å². The summed E-state index contributed by atoms with van der Waals surface area (Å²) in [6.07, 6.45) is 3.72. The van der Waals surface area contributed by atoms with E-state index in [9.17, 15) is 4.79 Å². The molecule has 0 aliphatic rings. The van der Waals surface area contributed by atoms with E-state index in [1.807, 2.05) is 13.8 Å². The van der Waals surface area contributed by atoms with Gasteiger partial charge >= 0.3 is 0 Å². The maximum atomic E-state index is 11.9. The number of carbonyl (C=O) groups excluding carboxylic acids is 1. The molecule has 19 heavy (non-hydrogen) atoms. The van der Waals surface area contributed by atoms with Gasteiger partial charge in [-0.05, 0) is 32.8 Å². The highest BCUT2D eigenvalue weighted by atomic mass is 16.1. The fourth-order valence-electron chi connectivity index (χ4n) is 1.81. The van der Waals surface area contributed by atoms with E-state index < -0.39 is 0 Å². The summed E-state index contributed by atoms with van der Waals surface area (Å²) in [4.78, 5) is 22.7. The minimum Gasteiger partial charge on any atom is -0.349 e. The average Bonchev–Trinajstić information content (AvgIpc) is 2.38. The molecule has 0 fully saturated rings. The second-order valence-corrected chi connectivity index (χ2v) is 4.86.